The third kappa shape index (κ3) is 2.91. The second kappa shape index (κ2) is 5.12. The summed E-state index contributed by atoms with van der Waals surface area (Å²) in [6, 6.07) is 10.3. The number of rotatable bonds is 2. The van der Waals surface area contributed by atoms with E-state index < -0.39 is 8.32 Å². The molecule has 0 atom stereocenters. The minimum atomic E-state index is -2.49. The van der Waals surface area contributed by atoms with E-state index in [1.807, 2.05) is 18.2 Å². The largest absolute Gasteiger partial charge is 0.514 e. The van der Waals surface area contributed by atoms with E-state index >= 15 is 0 Å². The maximum atomic E-state index is 11.7. The first-order valence-corrected chi connectivity index (χ1v) is 8.68. The lowest BCUT2D eigenvalue weighted by Gasteiger charge is -2.49. The Hall–Kier alpha value is -1.09. The third-order valence-corrected chi connectivity index (χ3v) is 9.55. The molecule has 0 bridgehead atoms. The monoisotopic (exact) mass is 278 g/mol. The summed E-state index contributed by atoms with van der Waals surface area (Å²) in [6.07, 6.45) is 0. The van der Waals surface area contributed by atoms with Crippen LogP contribution in [0.5, 0.6) is 0 Å². The predicted molar refractivity (Wildman–Crippen MR) is 83.0 cm³/mol. The van der Waals surface area contributed by atoms with E-state index in [2.05, 4.69) is 53.7 Å². The summed E-state index contributed by atoms with van der Waals surface area (Å²) in [4.78, 5) is 11.7. The van der Waals surface area contributed by atoms with Gasteiger partial charge in [0.25, 0.3) is 14.3 Å². The molecule has 0 saturated carbocycles. The predicted octanol–water partition coefficient (Wildman–Crippen LogP) is 4.00. The van der Waals surface area contributed by atoms with Crippen LogP contribution in [-0.4, -0.2) is 14.3 Å². The minimum absolute atomic E-state index is 0.0712. The van der Waals surface area contributed by atoms with Crippen molar-refractivity contribution in [3.8, 4) is 0 Å². The van der Waals surface area contributed by atoms with Gasteiger partial charge in [0.2, 0.25) is 0 Å². The van der Waals surface area contributed by atoms with Gasteiger partial charge in [0.05, 0.1) is 0 Å². The van der Waals surface area contributed by atoms with Crippen LogP contribution < -0.4 is 5.19 Å². The molecule has 1 aromatic rings. The van der Waals surface area contributed by atoms with Gasteiger partial charge in [0.1, 0.15) is 0 Å². The average molecular weight is 278 g/mol. The third-order valence-electron chi connectivity index (χ3n) is 3.59. The van der Waals surface area contributed by atoms with Crippen LogP contribution in [0.3, 0.4) is 0 Å². The molecular weight excluding hydrogens is 252 g/mol. The number of hydrogen-bond acceptors (Lipinski definition) is 2. The quantitative estimate of drug-likeness (QED) is 0.764. The lowest BCUT2D eigenvalue weighted by molar-refractivity contribution is -0.133. The lowest BCUT2D eigenvalue weighted by atomic mass is 10.2. The number of carbonyl (C=O) groups is 1. The first-order valence-electron chi connectivity index (χ1n) is 6.77. The molecule has 106 valence electrons. The fourth-order valence-electron chi connectivity index (χ4n) is 3.24. The fourth-order valence-corrected chi connectivity index (χ4v) is 9.05. The Balaban J connectivity index is 3.59. The summed E-state index contributed by atoms with van der Waals surface area (Å²) >= 11 is 0. The van der Waals surface area contributed by atoms with Crippen LogP contribution in [0.15, 0.2) is 30.3 Å². The summed E-state index contributed by atoms with van der Waals surface area (Å²) in [6.45, 7) is 14.6. The van der Waals surface area contributed by atoms with Gasteiger partial charge in [0, 0.05) is 6.92 Å². The number of carbonyl (C=O) groups excluding carboxylic acids is 1. The van der Waals surface area contributed by atoms with Crippen LogP contribution in [0, 0.1) is 0 Å². The summed E-state index contributed by atoms with van der Waals surface area (Å²) in [7, 11) is -2.49. The summed E-state index contributed by atoms with van der Waals surface area (Å²) < 4.78 is 6.05. The molecule has 0 saturated heterocycles. The first-order chi connectivity index (χ1) is 8.52. The first kappa shape index (κ1) is 16.0. The zero-order valence-corrected chi connectivity index (χ0v) is 14.2. The standard InChI is InChI=1S/C16H26O2Si/c1-13(17)18-19(15(2,3)4,16(5,6)7)14-11-9-8-10-12-14/h8-12H,1-7H3. The summed E-state index contributed by atoms with van der Waals surface area (Å²) in [5.41, 5.74) is 0. The van der Waals surface area contributed by atoms with Crippen LogP contribution in [-0.2, 0) is 9.22 Å². The van der Waals surface area contributed by atoms with Crippen molar-refractivity contribution >= 4 is 19.5 Å². The molecule has 0 radical (unpaired) electrons. The number of hydrogen-bond donors (Lipinski definition) is 0. The van der Waals surface area contributed by atoms with Gasteiger partial charge in [0.15, 0.2) is 0 Å². The van der Waals surface area contributed by atoms with Gasteiger partial charge in [-0.1, -0.05) is 71.9 Å². The van der Waals surface area contributed by atoms with Crippen molar-refractivity contribution in [1.82, 2.24) is 0 Å². The van der Waals surface area contributed by atoms with Crippen molar-refractivity contribution in [1.29, 1.82) is 0 Å². The zero-order valence-electron chi connectivity index (χ0n) is 13.2. The zero-order chi connectivity index (χ0) is 14.9. The minimum Gasteiger partial charge on any atom is -0.514 e. The highest BCUT2D eigenvalue weighted by Crippen LogP contribution is 2.51. The highest BCUT2D eigenvalue weighted by Gasteiger charge is 2.58. The van der Waals surface area contributed by atoms with Crippen molar-refractivity contribution in [3.05, 3.63) is 30.3 Å². The van der Waals surface area contributed by atoms with Gasteiger partial charge in [-0.3, -0.25) is 4.79 Å². The van der Waals surface area contributed by atoms with E-state index in [4.69, 9.17) is 4.43 Å². The van der Waals surface area contributed by atoms with E-state index in [0.29, 0.717) is 0 Å². The Bertz CT molecular complexity index is 424. The molecule has 0 aromatic heterocycles. The van der Waals surface area contributed by atoms with Gasteiger partial charge >= 0.3 is 0 Å². The molecule has 0 spiro atoms. The maximum Gasteiger partial charge on any atom is 0.297 e. The van der Waals surface area contributed by atoms with Crippen LogP contribution in [0.4, 0.5) is 0 Å². The van der Waals surface area contributed by atoms with Crippen molar-refractivity contribution in [2.75, 3.05) is 0 Å². The molecule has 3 heteroatoms. The van der Waals surface area contributed by atoms with E-state index in [1.54, 1.807) is 0 Å². The highest BCUT2D eigenvalue weighted by atomic mass is 28.4. The Labute approximate surface area is 118 Å². The van der Waals surface area contributed by atoms with E-state index in [-0.39, 0.29) is 16.0 Å². The van der Waals surface area contributed by atoms with E-state index in [0.717, 1.165) is 0 Å². The molecule has 0 fully saturated rings. The second-order valence-corrected chi connectivity index (χ2v) is 12.3. The Morgan fingerprint density at radius 3 is 1.68 bits per heavy atom. The molecule has 0 N–H and O–H groups in total. The molecule has 19 heavy (non-hydrogen) atoms. The topological polar surface area (TPSA) is 26.3 Å². The highest BCUT2D eigenvalue weighted by molar-refractivity contribution is 6.92. The van der Waals surface area contributed by atoms with Crippen LogP contribution in [0.25, 0.3) is 0 Å². The smallest absolute Gasteiger partial charge is 0.297 e. The van der Waals surface area contributed by atoms with Crippen LogP contribution in [0.2, 0.25) is 10.1 Å². The molecule has 2 nitrogen and oxygen atoms in total. The van der Waals surface area contributed by atoms with E-state index in [9.17, 15) is 4.79 Å². The molecule has 0 aliphatic rings. The molecule has 0 amide bonds. The molecule has 1 aromatic carbocycles. The second-order valence-electron chi connectivity index (χ2n) is 7.14. The Kier molecular flexibility index (Phi) is 4.30. The van der Waals surface area contributed by atoms with Crippen LogP contribution in [0.1, 0.15) is 48.5 Å². The number of benzene rings is 1. The van der Waals surface area contributed by atoms with Crippen molar-refractivity contribution in [2.24, 2.45) is 0 Å². The SMILES string of the molecule is CC(=O)O[Si](c1ccccc1)(C(C)(C)C)C(C)(C)C. The summed E-state index contributed by atoms with van der Waals surface area (Å²) in [5, 5.41) is 1.04. The normalized spacial score (nSPS) is 13.2. The lowest BCUT2D eigenvalue weighted by Crippen LogP contribution is -2.64. The van der Waals surface area contributed by atoms with E-state index in [1.165, 1.54) is 12.1 Å². The Morgan fingerprint density at radius 2 is 1.37 bits per heavy atom. The Morgan fingerprint density at radius 1 is 0.947 bits per heavy atom. The van der Waals surface area contributed by atoms with Gasteiger partial charge in [-0.25, -0.2) is 0 Å². The molecule has 0 aliphatic heterocycles. The van der Waals surface area contributed by atoms with Gasteiger partial charge < -0.3 is 4.43 Å². The van der Waals surface area contributed by atoms with Gasteiger partial charge in [-0.2, -0.15) is 0 Å². The molecule has 0 heterocycles. The van der Waals surface area contributed by atoms with Crippen molar-refractivity contribution in [3.63, 3.8) is 0 Å². The maximum absolute atomic E-state index is 11.7. The van der Waals surface area contributed by atoms with Crippen molar-refractivity contribution < 1.29 is 9.22 Å². The molecule has 1 rings (SSSR count). The molecular formula is C16H26O2Si. The van der Waals surface area contributed by atoms with Gasteiger partial charge in [-0.05, 0) is 15.3 Å². The summed E-state index contributed by atoms with van der Waals surface area (Å²) in [5.74, 6) is -0.180. The van der Waals surface area contributed by atoms with Crippen LogP contribution >= 0.6 is 0 Å². The molecule has 0 unspecified atom stereocenters. The van der Waals surface area contributed by atoms with Gasteiger partial charge in [-0.15, -0.1) is 0 Å². The molecule has 0 aliphatic carbocycles. The average Bonchev–Trinajstić information content (AvgIpc) is 2.23. The fraction of sp³-hybridized carbons (Fsp3) is 0.562. The van der Waals surface area contributed by atoms with Crippen molar-refractivity contribution in [2.45, 2.75) is 58.5 Å².